The van der Waals surface area contributed by atoms with Gasteiger partial charge in [-0.3, -0.25) is 0 Å². The Labute approximate surface area is 113 Å². The maximum atomic E-state index is 9.21. The highest BCUT2D eigenvalue weighted by atomic mass is 16.5. The molecule has 4 nitrogen and oxygen atoms in total. The van der Waals surface area contributed by atoms with E-state index in [0.29, 0.717) is 17.4 Å². The third-order valence-corrected chi connectivity index (χ3v) is 4.10. The fraction of sp³-hybridized carbons (Fsp3) is 0.600. The number of nitrogens with zero attached hydrogens (tertiary/aromatic N) is 2. The molecule has 1 saturated carbocycles. The van der Waals surface area contributed by atoms with Gasteiger partial charge in [0.2, 0.25) is 5.88 Å². The van der Waals surface area contributed by atoms with Crippen molar-refractivity contribution in [2.24, 2.45) is 5.92 Å². The summed E-state index contributed by atoms with van der Waals surface area (Å²) >= 11 is 0. The normalized spacial score (nSPS) is 24.4. The van der Waals surface area contributed by atoms with E-state index in [2.05, 4.69) is 16.4 Å². The maximum Gasteiger partial charge on any atom is 0.232 e. The summed E-state index contributed by atoms with van der Waals surface area (Å²) in [6.07, 6.45) is 5.56. The molecule has 3 rings (SSSR count). The van der Waals surface area contributed by atoms with Crippen molar-refractivity contribution in [2.45, 2.75) is 38.2 Å². The van der Waals surface area contributed by atoms with Gasteiger partial charge in [0.15, 0.2) is 0 Å². The average molecular weight is 257 g/mol. The van der Waals surface area contributed by atoms with Gasteiger partial charge in [-0.25, -0.2) is 4.98 Å². The molecule has 2 aliphatic carbocycles. The van der Waals surface area contributed by atoms with Crippen molar-refractivity contribution in [1.82, 2.24) is 10.3 Å². The number of fused-ring (bicyclic) bond motifs is 1. The Morgan fingerprint density at radius 2 is 2.32 bits per heavy atom. The van der Waals surface area contributed by atoms with Gasteiger partial charge in [-0.15, -0.1) is 0 Å². The van der Waals surface area contributed by atoms with Crippen molar-refractivity contribution >= 4 is 0 Å². The number of aromatic nitrogens is 1. The monoisotopic (exact) mass is 257 g/mol. The van der Waals surface area contributed by atoms with Gasteiger partial charge in [0.25, 0.3) is 0 Å². The zero-order valence-electron chi connectivity index (χ0n) is 11.3. The number of pyridine rings is 1. The summed E-state index contributed by atoms with van der Waals surface area (Å²) in [5.41, 5.74) is 2.95. The minimum absolute atomic E-state index is 0.234. The second-order valence-corrected chi connectivity index (χ2v) is 5.55. The molecular weight excluding hydrogens is 238 g/mol. The Bertz CT molecular complexity index is 515. The van der Waals surface area contributed by atoms with Crippen LogP contribution in [-0.4, -0.2) is 24.7 Å². The zero-order valence-corrected chi connectivity index (χ0v) is 11.3. The van der Waals surface area contributed by atoms with E-state index in [1.807, 2.05) is 13.1 Å². The van der Waals surface area contributed by atoms with Crippen LogP contribution in [-0.2, 0) is 12.8 Å². The Morgan fingerprint density at radius 3 is 3.05 bits per heavy atom. The first kappa shape index (κ1) is 12.4. The minimum atomic E-state index is 0.234. The van der Waals surface area contributed by atoms with Crippen LogP contribution in [0.25, 0.3) is 0 Å². The van der Waals surface area contributed by atoms with E-state index in [4.69, 9.17) is 4.74 Å². The third-order valence-electron chi connectivity index (χ3n) is 4.10. The van der Waals surface area contributed by atoms with Crippen LogP contribution in [0.15, 0.2) is 6.07 Å². The molecule has 1 aromatic rings. The lowest BCUT2D eigenvalue weighted by Crippen LogP contribution is -2.39. The highest BCUT2D eigenvalue weighted by Gasteiger charge is 2.31. The minimum Gasteiger partial charge on any atom is -0.473 e. The van der Waals surface area contributed by atoms with Gasteiger partial charge in [-0.2, -0.15) is 5.26 Å². The van der Waals surface area contributed by atoms with E-state index >= 15 is 0 Å². The first-order valence-electron chi connectivity index (χ1n) is 7.04. The third kappa shape index (κ3) is 2.43. The van der Waals surface area contributed by atoms with Crippen molar-refractivity contribution in [3.05, 3.63) is 22.9 Å². The summed E-state index contributed by atoms with van der Waals surface area (Å²) in [6, 6.07) is 4.18. The number of hydrogen-bond donors (Lipinski definition) is 1. The fourth-order valence-electron chi connectivity index (χ4n) is 3.01. The van der Waals surface area contributed by atoms with Crippen LogP contribution < -0.4 is 10.1 Å². The van der Waals surface area contributed by atoms with Gasteiger partial charge in [0.1, 0.15) is 17.7 Å². The smallest absolute Gasteiger partial charge is 0.232 e. The highest BCUT2D eigenvalue weighted by Crippen LogP contribution is 2.33. The van der Waals surface area contributed by atoms with Crippen LogP contribution in [0.4, 0.5) is 0 Å². The van der Waals surface area contributed by atoms with Crippen LogP contribution in [0, 0.1) is 17.2 Å². The number of aryl methyl sites for hydroxylation is 2. The lowest BCUT2D eigenvalue weighted by molar-refractivity contribution is 0.0612. The highest BCUT2D eigenvalue weighted by molar-refractivity contribution is 5.44. The molecular formula is C15H19N3O. The molecule has 1 fully saturated rings. The number of ether oxygens (including phenoxy) is 1. The summed E-state index contributed by atoms with van der Waals surface area (Å²) in [7, 11) is 1.98. The van der Waals surface area contributed by atoms with E-state index in [-0.39, 0.29) is 6.10 Å². The second kappa shape index (κ2) is 5.18. The van der Waals surface area contributed by atoms with E-state index in [0.717, 1.165) is 44.3 Å². The summed E-state index contributed by atoms with van der Waals surface area (Å²) in [4.78, 5) is 4.56. The van der Waals surface area contributed by atoms with E-state index in [1.165, 1.54) is 5.56 Å². The Hall–Kier alpha value is -1.60. The Balaban J connectivity index is 1.70. The molecule has 0 aromatic carbocycles. The quantitative estimate of drug-likeness (QED) is 0.894. The van der Waals surface area contributed by atoms with Crippen molar-refractivity contribution in [2.75, 3.05) is 13.6 Å². The zero-order chi connectivity index (χ0) is 13.2. The second-order valence-electron chi connectivity index (χ2n) is 5.55. The van der Waals surface area contributed by atoms with Gasteiger partial charge in [-0.05, 0) is 63.2 Å². The van der Waals surface area contributed by atoms with Crippen molar-refractivity contribution in [3.8, 4) is 11.9 Å². The Kier molecular flexibility index (Phi) is 3.39. The van der Waals surface area contributed by atoms with Crippen molar-refractivity contribution in [1.29, 1.82) is 5.26 Å². The molecule has 0 aliphatic heterocycles. The van der Waals surface area contributed by atoms with Gasteiger partial charge in [-0.1, -0.05) is 0 Å². The number of rotatable bonds is 4. The molecule has 100 valence electrons. The van der Waals surface area contributed by atoms with Gasteiger partial charge in [0.05, 0.1) is 0 Å². The molecule has 1 N–H and O–H groups in total. The summed E-state index contributed by atoms with van der Waals surface area (Å²) < 4.78 is 5.91. The van der Waals surface area contributed by atoms with E-state index in [9.17, 15) is 5.26 Å². The lowest BCUT2D eigenvalue weighted by atomic mass is 9.82. The first-order valence-corrected chi connectivity index (χ1v) is 7.04. The fourth-order valence-corrected chi connectivity index (χ4v) is 3.01. The molecule has 0 bridgehead atoms. The molecule has 0 saturated heterocycles. The van der Waals surface area contributed by atoms with Crippen LogP contribution in [0.1, 0.15) is 36.1 Å². The molecule has 0 amide bonds. The predicted molar refractivity (Wildman–Crippen MR) is 72.0 cm³/mol. The van der Waals surface area contributed by atoms with Gasteiger partial charge < -0.3 is 10.1 Å². The summed E-state index contributed by atoms with van der Waals surface area (Å²) in [5, 5.41) is 12.4. The molecule has 1 heterocycles. The largest absolute Gasteiger partial charge is 0.473 e. The maximum absolute atomic E-state index is 9.21. The average Bonchev–Trinajstić information content (AvgIpc) is 2.82. The number of nitriles is 1. The molecule has 4 heteroatoms. The predicted octanol–water partition coefficient (Wildman–Crippen LogP) is 1.82. The topological polar surface area (TPSA) is 57.9 Å². The number of nitrogens with one attached hydrogen (secondary N) is 1. The molecule has 0 radical (unpaired) electrons. The molecule has 0 atom stereocenters. The van der Waals surface area contributed by atoms with E-state index in [1.54, 1.807) is 0 Å². The van der Waals surface area contributed by atoms with Crippen LogP contribution in [0.2, 0.25) is 0 Å². The van der Waals surface area contributed by atoms with Crippen LogP contribution in [0.5, 0.6) is 5.88 Å². The molecule has 19 heavy (non-hydrogen) atoms. The van der Waals surface area contributed by atoms with Gasteiger partial charge in [0, 0.05) is 5.69 Å². The summed E-state index contributed by atoms with van der Waals surface area (Å²) in [6.45, 7) is 1.04. The van der Waals surface area contributed by atoms with Crippen molar-refractivity contribution in [3.63, 3.8) is 0 Å². The van der Waals surface area contributed by atoms with Gasteiger partial charge >= 0.3 is 0 Å². The van der Waals surface area contributed by atoms with Crippen LogP contribution >= 0.6 is 0 Å². The van der Waals surface area contributed by atoms with Crippen LogP contribution in [0.3, 0.4) is 0 Å². The number of hydrogen-bond acceptors (Lipinski definition) is 4. The Morgan fingerprint density at radius 1 is 1.47 bits per heavy atom. The van der Waals surface area contributed by atoms with E-state index < -0.39 is 0 Å². The SMILES string of the molecule is CNCC1CC(Oc2nc3c(cc2C#N)CCC3)C1. The summed E-state index contributed by atoms with van der Waals surface area (Å²) in [5.74, 6) is 1.26. The molecule has 1 aromatic heterocycles. The molecule has 0 unspecified atom stereocenters. The molecule has 0 spiro atoms. The lowest BCUT2D eigenvalue weighted by Gasteiger charge is -2.35. The standard InChI is InChI=1S/C15H19N3O/c1-17-9-10-5-13(6-10)19-15-12(8-16)7-11-3-2-4-14(11)18-15/h7,10,13,17H,2-6,9H2,1H3. The first-order chi connectivity index (χ1) is 9.30. The van der Waals surface area contributed by atoms with Crippen molar-refractivity contribution < 1.29 is 4.74 Å². The molecule has 2 aliphatic rings.